The minimum Gasteiger partial charge on any atom is -0.473 e. The maximum Gasteiger partial charge on any atom is 0.282 e. The molecule has 2 N–H and O–H groups in total. The zero-order valence-electron chi connectivity index (χ0n) is 26.2. The smallest absolute Gasteiger partial charge is 0.282 e. The first-order valence-corrected chi connectivity index (χ1v) is 16.3. The fourth-order valence-electron chi connectivity index (χ4n) is 7.17. The Kier molecular flexibility index (Phi) is 8.30. The zero-order chi connectivity index (χ0) is 32.0. The lowest BCUT2D eigenvalue weighted by atomic mass is 9.71. The molecule has 11 nitrogen and oxygen atoms in total. The van der Waals surface area contributed by atoms with Crippen LogP contribution in [0.1, 0.15) is 68.2 Å². The quantitative estimate of drug-likeness (QED) is 0.365. The summed E-state index contributed by atoms with van der Waals surface area (Å²) in [6.45, 7) is 11.4. The predicted octanol–water partition coefficient (Wildman–Crippen LogP) is 4.67. The highest BCUT2D eigenvalue weighted by atomic mass is 32.1. The maximum absolute atomic E-state index is 13.6. The predicted molar refractivity (Wildman–Crippen MR) is 170 cm³/mol. The second kappa shape index (κ2) is 12.1. The van der Waals surface area contributed by atoms with Crippen molar-refractivity contribution in [1.82, 2.24) is 24.9 Å². The number of hydrogen-bond donors (Lipinski definition) is 1. The summed E-state index contributed by atoms with van der Waals surface area (Å²) >= 11 is 1.47. The summed E-state index contributed by atoms with van der Waals surface area (Å²) < 4.78 is 26.1. The molecule has 238 valence electrons. The van der Waals surface area contributed by atoms with Gasteiger partial charge in [0.1, 0.15) is 28.8 Å². The number of aromatic nitrogens is 3. The van der Waals surface area contributed by atoms with E-state index in [-0.39, 0.29) is 18.2 Å². The summed E-state index contributed by atoms with van der Waals surface area (Å²) in [4.78, 5) is 28.9. The number of piperazine rings is 1. The van der Waals surface area contributed by atoms with Crippen LogP contribution in [0, 0.1) is 11.3 Å². The second-order valence-electron chi connectivity index (χ2n) is 12.6. The Morgan fingerprint density at radius 3 is 2.80 bits per heavy atom. The molecule has 0 unspecified atom stereocenters. The summed E-state index contributed by atoms with van der Waals surface area (Å²) in [6.07, 6.45) is 4.64. The van der Waals surface area contributed by atoms with Gasteiger partial charge in [0.05, 0.1) is 11.0 Å². The van der Waals surface area contributed by atoms with E-state index in [0.29, 0.717) is 59.2 Å². The Labute approximate surface area is 266 Å². The van der Waals surface area contributed by atoms with Gasteiger partial charge in [0.2, 0.25) is 5.88 Å². The van der Waals surface area contributed by atoms with E-state index in [1.54, 1.807) is 0 Å². The molecule has 0 bridgehead atoms. The highest BCUT2D eigenvalue weighted by molar-refractivity contribution is 7.16. The highest BCUT2D eigenvalue weighted by Crippen LogP contribution is 2.49. The van der Waals surface area contributed by atoms with Crippen LogP contribution < -0.4 is 15.4 Å². The average molecular weight is 635 g/mol. The minimum absolute atomic E-state index is 0.114. The van der Waals surface area contributed by atoms with Crippen molar-refractivity contribution in [2.45, 2.75) is 76.5 Å². The van der Waals surface area contributed by atoms with E-state index >= 15 is 0 Å². The van der Waals surface area contributed by atoms with Crippen LogP contribution in [-0.2, 0) is 16.6 Å². The van der Waals surface area contributed by atoms with Crippen LogP contribution in [0.5, 0.6) is 5.88 Å². The van der Waals surface area contributed by atoms with Crippen LogP contribution in [0.25, 0.3) is 11.5 Å². The highest BCUT2D eigenvalue weighted by Gasteiger charge is 2.42. The molecule has 2 fully saturated rings. The van der Waals surface area contributed by atoms with Gasteiger partial charge in [0, 0.05) is 48.7 Å². The molecule has 5 heterocycles. The molecule has 1 amide bonds. The summed E-state index contributed by atoms with van der Waals surface area (Å²) in [7, 11) is 2.11. The van der Waals surface area contributed by atoms with Gasteiger partial charge < -0.3 is 24.8 Å². The number of carbonyl (C=O) groups excluding carboxylic acids is 1. The molecule has 0 saturated carbocycles. The third-order valence-electron chi connectivity index (χ3n) is 9.59. The van der Waals surface area contributed by atoms with Crippen molar-refractivity contribution >= 4 is 28.1 Å². The Bertz CT molecular complexity index is 1670. The van der Waals surface area contributed by atoms with Crippen molar-refractivity contribution < 1.29 is 18.4 Å². The number of likely N-dealkylation sites (N-methyl/N-ethyl adjacent to an activating group) is 1. The largest absolute Gasteiger partial charge is 0.473 e. The van der Waals surface area contributed by atoms with E-state index in [1.165, 1.54) is 16.2 Å². The first kappa shape index (κ1) is 31.0. The van der Waals surface area contributed by atoms with Crippen LogP contribution in [0.3, 0.4) is 0 Å². The number of nitriles is 1. The standard InChI is InChI=1S/C32H39FN8O3S/c1-18-17-40(31(42)19(2)33)12-13-41(18)26-15-27(43-20(3)23-8-7-11-39(23)5)37-30(36-26)22-14-25(44-38-22)32(4)10-6-9-24-28(32)21(16-34)29(35)45-24/h14-15,18,20,23H,2,6-13,17,35H2,1,3-5H3/t18-,20+,23+,32-/m1/s1. The van der Waals surface area contributed by atoms with Crippen molar-refractivity contribution in [2.75, 3.05) is 43.9 Å². The fourth-order valence-corrected chi connectivity index (χ4v) is 8.36. The topological polar surface area (TPSA) is 138 Å². The number of nitrogens with zero attached hydrogens (tertiary/aromatic N) is 7. The van der Waals surface area contributed by atoms with E-state index in [4.69, 9.17) is 25.0 Å². The third kappa shape index (κ3) is 5.66. The van der Waals surface area contributed by atoms with Crippen LogP contribution in [0.2, 0.25) is 0 Å². The zero-order valence-corrected chi connectivity index (χ0v) is 27.0. The molecule has 2 saturated heterocycles. The van der Waals surface area contributed by atoms with Gasteiger partial charge in [-0.2, -0.15) is 10.2 Å². The number of anilines is 2. The van der Waals surface area contributed by atoms with Gasteiger partial charge in [0.25, 0.3) is 5.91 Å². The molecule has 3 aromatic heterocycles. The Balaban J connectivity index is 1.35. The lowest BCUT2D eigenvalue weighted by Gasteiger charge is -2.40. The number of fused-ring (bicyclic) bond motifs is 1. The number of aryl methyl sites for hydroxylation is 1. The summed E-state index contributed by atoms with van der Waals surface area (Å²) in [5, 5.41) is 14.9. The molecular weight excluding hydrogens is 595 g/mol. The van der Waals surface area contributed by atoms with Crippen molar-refractivity contribution in [1.29, 1.82) is 5.26 Å². The fraction of sp³-hybridized carbons (Fsp3) is 0.531. The van der Waals surface area contributed by atoms with Gasteiger partial charge >= 0.3 is 0 Å². The first-order valence-electron chi connectivity index (χ1n) is 15.5. The maximum atomic E-state index is 13.6. The number of nitrogens with two attached hydrogens (primary N) is 1. The van der Waals surface area contributed by atoms with Crippen molar-refractivity contribution in [2.24, 2.45) is 0 Å². The molecule has 6 rings (SSSR count). The lowest BCUT2D eigenvalue weighted by Crippen LogP contribution is -2.54. The Morgan fingerprint density at radius 2 is 2.11 bits per heavy atom. The molecule has 3 aromatic rings. The number of halogens is 1. The molecule has 0 spiro atoms. The summed E-state index contributed by atoms with van der Waals surface area (Å²) in [5.74, 6) is 0.348. The van der Waals surface area contributed by atoms with E-state index in [1.807, 2.05) is 19.1 Å². The number of amides is 1. The third-order valence-corrected chi connectivity index (χ3v) is 10.7. The minimum atomic E-state index is -0.964. The van der Waals surface area contributed by atoms with Crippen molar-refractivity contribution in [3.8, 4) is 23.5 Å². The first-order chi connectivity index (χ1) is 21.5. The molecular formula is C32H39FN8O3S. The molecule has 13 heteroatoms. The van der Waals surface area contributed by atoms with Gasteiger partial charge in [0.15, 0.2) is 17.3 Å². The van der Waals surface area contributed by atoms with Gasteiger partial charge in [-0.05, 0) is 72.0 Å². The lowest BCUT2D eigenvalue weighted by molar-refractivity contribution is -0.129. The van der Waals surface area contributed by atoms with Crippen LogP contribution >= 0.6 is 11.3 Å². The SMILES string of the molecule is C=C(F)C(=O)N1CCN(c2cc(O[C@@H](C)[C@@H]3CCCN3C)nc(-c3cc([C@@]4(C)CCCc5sc(N)c(C#N)c54)on3)n2)[C@H](C)C1. The second-order valence-corrected chi connectivity index (χ2v) is 13.7. The number of hydrogen-bond acceptors (Lipinski definition) is 11. The van der Waals surface area contributed by atoms with Crippen LogP contribution in [-0.4, -0.2) is 82.2 Å². The Hall–Kier alpha value is -4.02. The molecule has 2 aliphatic heterocycles. The Morgan fingerprint density at radius 1 is 1.31 bits per heavy atom. The van der Waals surface area contributed by atoms with Gasteiger partial charge in [-0.25, -0.2) is 9.37 Å². The van der Waals surface area contributed by atoms with Gasteiger partial charge in [-0.15, -0.1) is 11.3 Å². The summed E-state index contributed by atoms with van der Waals surface area (Å²) in [5.41, 5.74) is 7.55. The molecule has 45 heavy (non-hydrogen) atoms. The van der Waals surface area contributed by atoms with E-state index in [9.17, 15) is 14.4 Å². The molecule has 3 aliphatic rings. The number of carbonyl (C=O) groups is 1. The van der Waals surface area contributed by atoms with Crippen LogP contribution in [0.15, 0.2) is 29.1 Å². The van der Waals surface area contributed by atoms with Gasteiger partial charge in [-0.3, -0.25) is 9.69 Å². The van der Waals surface area contributed by atoms with Crippen molar-refractivity contribution in [3.05, 3.63) is 46.3 Å². The normalized spacial score (nSPS) is 24.3. The number of ether oxygens (including phenoxy) is 1. The van der Waals surface area contributed by atoms with E-state index in [2.05, 4.69) is 48.5 Å². The average Bonchev–Trinajstić information content (AvgIpc) is 3.75. The van der Waals surface area contributed by atoms with E-state index < -0.39 is 17.1 Å². The summed E-state index contributed by atoms with van der Waals surface area (Å²) in [6, 6.07) is 6.09. The number of thiophene rings is 1. The molecule has 4 atom stereocenters. The molecule has 0 radical (unpaired) electrons. The van der Waals surface area contributed by atoms with Gasteiger partial charge in [-0.1, -0.05) is 11.7 Å². The monoisotopic (exact) mass is 634 g/mol. The van der Waals surface area contributed by atoms with E-state index in [0.717, 1.165) is 49.1 Å². The number of likely N-dealkylation sites (tertiary alicyclic amines) is 1. The number of nitrogen functional groups attached to an aromatic ring is 1. The van der Waals surface area contributed by atoms with Crippen molar-refractivity contribution in [3.63, 3.8) is 0 Å². The molecule has 1 aliphatic carbocycles. The molecule has 0 aromatic carbocycles. The van der Waals surface area contributed by atoms with Crippen LogP contribution in [0.4, 0.5) is 15.2 Å². The number of rotatable bonds is 7.